The fourth-order valence-corrected chi connectivity index (χ4v) is 1.30. The summed E-state index contributed by atoms with van der Waals surface area (Å²) in [6.07, 6.45) is 0. The predicted molar refractivity (Wildman–Crippen MR) is 53.7 cm³/mol. The molecule has 0 bridgehead atoms. The predicted octanol–water partition coefficient (Wildman–Crippen LogP) is 2.52. The zero-order valence-corrected chi connectivity index (χ0v) is 8.55. The lowest BCUT2D eigenvalue weighted by Crippen LogP contribution is -1.99. The molecule has 0 unspecified atom stereocenters. The summed E-state index contributed by atoms with van der Waals surface area (Å²) in [5.74, 6) is 4.46. The highest BCUT2D eigenvalue weighted by atomic mass is 79.9. The van der Waals surface area contributed by atoms with E-state index in [9.17, 15) is 4.79 Å². The van der Waals surface area contributed by atoms with Crippen molar-refractivity contribution in [1.29, 1.82) is 0 Å². The summed E-state index contributed by atoms with van der Waals surface area (Å²) in [6.45, 7) is 1.67. The third-order valence-corrected chi connectivity index (χ3v) is 1.96. The number of benzene rings is 1. The molecule has 13 heavy (non-hydrogen) atoms. The van der Waals surface area contributed by atoms with Gasteiger partial charge in [0.05, 0.1) is 5.56 Å². The van der Waals surface area contributed by atoms with E-state index in [1.807, 2.05) is 0 Å². The smallest absolute Gasteiger partial charge is 0.336 e. The normalized spacial score (nSPS) is 8.77. The highest BCUT2D eigenvalue weighted by molar-refractivity contribution is 9.10. The Morgan fingerprint density at radius 1 is 1.54 bits per heavy atom. The Morgan fingerprint density at radius 3 is 2.77 bits per heavy atom. The van der Waals surface area contributed by atoms with Crippen LogP contribution >= 0.6 is 15.9 Å². The Kier molecular flexibility index (Phi) is 3.10. The molecule has 1 rings (SSSR count). The summed E-state index contributed by atoms with van der Waals surface area (Å²) in [4.78, 5) is 10.7. The second-order valence-corrected chi connectivity index (χ2v) is 3.29. The molecule has 0 heterocycles. The van der Waals surface area contributed by atoms with Crippen LogP contribution in [0.2, 0.25) is 0 Å². The second-order valence-electron chi connectivity index (χ2n) is 2.37. The highest BCUT2D eigenvalue weighted by Crippen LogP contribution is 2.15. The van der Waals surface area contributed by atoms with Crippen molar-refractivity contribution in [2.24, 2.45) is 0 Å². The van der Waals surface area contributed by atoms with Gasteiger partial charge in [0.1, 0.15) is 0 Å². The van der Waals surface area contributed by atoms with Gasteiger partial charge in [-0.3, -0.25) is 0 Å². The lowest BCUT2D eigenvalue weighted by molar-refractivity contribution is 0.0696. The summed E-state index contributed by atoms with van der Waals surface area (Å²) >= 11 is 3.25. The minimum Gasteiger partial charge on any atom is -0.478 e. The van der Waals surface area contributed by atoms with Crippen LogP contribution < -0.4 is 0 Å². The molecular weight excluding hydrogens is 232 g/mol. The van der Waals surface area contributed by atoms with Crippen LogP contribution in [0.15, 0.2) is 22.7 Å². The zero-order chi connectivity index (χ0) is 9.84. The monoisotopic (exact) mass is 238 g/mol. The molecule has 0 saturated carbocycles. The molecule has 0 saturated heterocycles. The van der Waals surface area contributed by atoms with Gasteiger partial charge in [-0.15, -0.1) is 5.92 Å². The number of carbonyl (C=O) groups is 1. The second kappa shape index (κ2) is 4.11. The van der Waals surface area contributed by atoms with Crippen LogP contribution in [-0.4, -0.2) is 11.1 Å². The quantitative estimate of drug-likeness (QED) is 0.764. The number of halogens is 1. The standard InChI is InChI=1S/C10H7BrO2/c1-2-3-7-6-8(11)4-5-9(7)10(12)13/h4-6H,1H3,(H,12,13). The zero-order valence-electron chi connectivity index (χ0n) is 6.97. The molecule has 0 fully saturated rings. The summed E-state index contributed by atoms with van der Waals surface area (Å²) in [6, 6.07) is 4.91. The van der Waals surface area contributed by atoms with Crippen molar-refractivity contribution in [3.8, 4) is 11.8 Å². The number of rotatable bonds is 1. The fraction of sp³-hybridized carbons (Fsp3) is 0.100. The molecule has 0 aliphatic carbocycles. The molecule has 0 aliphatic heterocycles. The first kappa shape index (κ1) is 9.82. The van der Waals surface area contributed by atoms with Gasteiger partial charge < -0.3 is 5.11 Å². The van der Waals surface area contributed by atoms with Gasteiger partial charge in [0.2, 0.25) is 0 Å². The molecule has 2 nitrogen and oxygen atoms in total. The molecule has 0 spiro atoms. The first-order chi connectivity index (χ1) is 6.15. The Morgan fingerprint density at radius 2 is 2.23 bits per heavy atom. The lowest BCUT2D eigenvalue weighted by atomic mass is 10.1. The molecule has 0 aromatic heterocycles. The van der Waals surface area contributed by atoms with E-state index in [0.717, 1.165) is 4.47 Å². The van der Waals surface area contributed by atoms with Gasteiger partial charge in [-0.2, -0.15) is 0 Å². The Labute approximate surface area is 84.7 Å². The molecule has 0 amide bonds. The van der Waals surface area contributed by atoms with Crippen molar-refractivity contribution in [2.45, 2.75) is 6.92 Å². The molecule has 1 aromatic rings. The number of carboxylic acid groups (broad SMARTS) is 1. The van der Waals surface area contributed by atoms with E-state index < -0.39 is 5.97 Å². The molecule has 1 aromatic carbocycles. The van der Waals surface area contributed by atoms with Crippen molar-refractivity contribution in [1.82, 2.24) is 0 Å². The van der Waals surface area contributed by atoms with Crippen LogP contribution in [0.3, 0.4) is 0 Å². The molecule has 0 atom stereocenters. The van der Waals surface area contributed by atoms with Crippen molar-refractivity contribution in [3.05, 3.63) is 33.8 Å². The van der Waals surface area contributed by atoms with Crippen molar-refractivity contribution < 1.29 is 9.90 Å². The van der Waals surface area contributed by atoms with E-state index in [2.05, 4.69) is 27.8 Å². The maximum Gasteiger partial charge on any atom is 0.336 e. The maximum atomic E-state index is 10.7. The molecule has 66 valence electrons. The van der Waals surface area contributed by atoms with Crippen molar-refractivity contribution >= 4 is 21.9 Å². The van der Waals surface area contributed by atoms with Crippen molar-refractivity contribution in [3.63, 3.8) is 0 Å². The number of hydrogen-bond acceptors (Lipinski definition) is 1. The van der Waals surface area contributed by atoms with Gasteiger partial charge in [0.25, 0.3) is 0 Å². The highest BCUT2D eigenvalue weighted by Gasteiger charge is 2.07. The molecule has 1 N–H and O–H groups in total. The summed E-state index contributed by atoms with van der Waals surface area (Å²) in [7, 11) is 0. The van der Waals surface area contributed by atoms with Crippen LogP contribution in [-0.2, 0) is 0 Å². The van der Waals surface area contributed by atoms with Crippen LogP contribution in [0.4, 0.5) is 0 Å². The number of hydrogen-bond donors (Lipinski definition) is 1. The fourth-order valence-electron chi connectivity index (χ4n) is 0.941. The van der Waals surface area contributed by atoms with Gasteiger partial charge in [-0.25, -0.2) is 4.79 Å². The third kappa shape index (κ3) is 2.33. The van der Waals surface area contributed by atoms with Gasteiger partial charge in [0.15, 0.2) is 0 Å². The van der Waals surface area contributed by atoms with Crippen LogP contribution in [0.1, 0.15) is 22.8 Å². The van der Waals surface area contributed by atoms with Gasteiger partial charge in [-0.1, -0.05) is 21.9 Å². The molecule has 0 radical (unpaired) electrons. The first-order valence-electron chi connectivity index (χ1n) is 3.60. The average Bonchev–Trinajstić information content (AvgIpc) is 2.04. The summed E-state index contributed by atoms with van der Waals surface area (Å²) < 4.78 is 0.829. The van der Waals surface area contributed by atoms with E-state index >= 15 is 0 Å². The van der Waals surface area contributed by atoms with E-state index in [-0.39, 0.29) is 5.56 Å². The van der Waals surface area contributed by atoms with E-state index in [0.29, 0.717) is 5.56 Å². The summed E-state index contributed by atoms with van der Waals surface area (Å²) in [5, 5.41) is 8.80. The van der Waals surface area contributed by atoms with Crippen LogP contribution in [0.25, 0.3) is 0 Å². The number of aromatic carboxylic acids is 1. The minimum absolute atomic E-state index is 0.234. The van der Waals surface area contributed by atoms with Crippen LogP contribution in [0, 0.1) is 11.8 Å². The maximum absolute atomic E-state index is 10.7. The SMILES string of the molecule is CC#Cc1cc(Br)ccc1C(=O)O. The average molecular weight is 239 g/mol. The van der Waals surface area contributed by atoms with Gasteiger partial charge in [-0.05, 0) is 25.1 Å². The third-order valence-electron chi connectivity index (χ3n) is 1.47. The first-order valence-corrected chi connectivity index (χ1v) is 4.40. The molecular formula is C10H7BrO2. The van der Waals surface area contributed by atoms with E-state index in [1.165, 1.54) is 6.07 Å². The Balaban J connectivity index is 3.32. The minimum atomic E-state index is -0.953. The van der Waals surface area contributed by atoms with Crippen LogP contribution in [0.5, 0.6) is 0 Å². The van der Waals surface area contributed by atoms with E-state index in [4.69, 9.17) is 5.11 Å². The Bertz CT molecular complexity index is 399. The summed E-state index contributed by atoms with van der Waals surface area (Å²) in [5.41, 5.74) is 0.766. The number of carboxylic acids is 1. The largest absolute Gasteiger partial charge is 0.478 e. The van der Waals surface area contributed by atoms with Gasteiger partial charge in [0, 0.05) is 10.0 Å². The molecule has 3 heteroatoms. The van der Waals surface area contributed by atoms with E-state index in [1.54, 1.807) is 19.1 Å². The van der Waals surface area contributed by atoms with Crippen molar-refractivity contribution in [2.75, 3.05) is 0 Å². The van der Waals surface area contributed by atoms with Gasteiger partial charge >= 0.3 is 5.97 Å². The Hall–Kier alpha value is -1.27. The lowest BCUT2D eigenvalue weighted by Gasteiger charge is -1.98. The molecule has 0 aliphatic rings. The topological polar surface area (TPSA) is 37.3 Å².